The van der Waals surface area contributed by atoms with E-state index in [1.54, 1.807) is 13.8 Å². The van der Waals surface area contributed by atoms with Gasteiger partial charge in [0, 0.05) is 18.4 Å². The summed E-state index contributed by atoms with van der Waals surface area (Å²) in [6.07, 6.45) is -3.39. The predicted octanol–water partition coefficient (Wildman–Crippen LogP) is -0.566. The maximum Gasteiger partial charge on any atom is 0.328 e. The molecule has 0 aromatic rings. The molecular weight excluding hydrogens is 332 g/mol. The highest BCUT2D eigenvalue weighted by atomic mass is 16.6. The van der Waals surface area contributed by atoms with Crippen LogP contribution in [0.25, 0.3) is 0 Å². The van der Waals surface area contributed by atoms with E-state index in [0.29, 0.717) is 5.57 Å². The molecule has 0 aromatic heterocycles. The Morgan fingerprint density at radius 2 is 1.96 bits per heavy atom. The average molecular weight is 360 g/mol. The number of aliphatic hydroxyl groups is 4. The highest BCUT2D eigenvalue weighted by Crippen LogP contribution is 2.40. The zero-order chi connectivity index (χ0) is 18.9. The van der Waals surface area contributed by atoms with Crippen LogP contribution in [0.1, 0.15) is 33.6 Å². The molecule has 8 nitrogen and oxygen atoms in total. The number of carbonyl (C=O) groups is 1. The van der Waals surface area contributed by atoms with Crippen LogP contribution in [0.15, 0.2) is 11.6 Å². The number of aliphatic hydroxyl groups excluding tert-OH is 3. The van der Waals surface area contributed by atoms with Crippen LogP contribution in [0.2, 0.25) is 0 Å². The summed E-state index contributed by atoms with van der Waals surface area (Å²) < 4.78 is 11.0. The van der Waals surface area contributed by atoms with E-state index in [4.69, 9.17) is 14.6 Å². The minimum absolute atomic E-state index is 0.0869. The van der Waals surface area contributed by atoms with Crippen molar-refractivity contribution in [3.05, 3.63) is 11.6 Å². The largest absolute Gasteiger partial charge is 0.478 e. The molecule has 144 valence electrons. The van der Waals surface area contributed by atoms with Gasteiger partial charge in [-0.1, -0.05) is 12.5 Å². The van der Waals surface area contributed by atoms with Gasteiger partial charge in [0.05, 0.1) is 31.0 Å². The van der Waals surface area contributed by atoms with Crippen LogP contribution in [0.4, 0.5) is 0 Å². The third kappa shape index (κ3) is 4.78. The number of carboxylic acid groups (broad SMARTS) is 1. The topological polar surface area (TPSA) is 140 Å². The van der Waals surface area contributed by atoms with E-state index in [1.165, 1.54) is 0 Å². The second-order valence-corrected chi connectivity index (χ2v) is 7.36. The number of hydrogen-bond acceptors (Lipinski definition) is 7. The Kier molecular flexibility index (Phi) is 6.24. The Labute approximate surface area is 146 Å². The normalized spacial score (nSPS) is 41.2. The molecule has 0 bridgehead atoms. The summed E-state index contributed by atoms with van der Waals surface area (Å²) in [7, 11) is 0. The lowest BCUT2D eigenvalue weighted by atomic mass is 9.82. The van der Waals surface area contributed by atoms with Gasteiger partial charge in [0.25, 0.3) is 0 Å². The van der Waals surface area contributed by atoms with Crippen LogP contribution in [0.5, 0.6) is 0 Å². The van der Waals surface area contributed by atoms with Crippen LogP contribution in [0, 0.1) is 5.92 Å². The number of hydrogen-bond donors (Lipinski definition) is 5. The Morgan fingerprint density at radius 3 is 2.52 bits per heavy atom. The van der Waals surface area contributed by atoms with Crippen LogP contribution in [-0.4, -0.2) is 80.3 Å². The smallest absolute Gasteiger partial charge is 0.328 e. The minimum atomic E-state index is -1.65. The quantitative estimate of drug-likeness (QED) is 0.300. The van der Waals surface area contributed by atoms with Gasteiger partial charge in [0.15, 0.2) is 0 Å². The molecule has 0 aromatic carbocycles. The van der Waals surface area contributed by atoms with Crippen molar-refractivity contribution < 1.29 is 39.8 Å². The van der Waals surface area contributed by atoms with Crippen molar-refractivity contribution in [3.8, 4) is 0 Å². The zero-order valence-electron chi connectivity index (χ0n) is 14.7. The summed E-state index contributed by atoms with van der Waals surface area (Å²) in [5.74, 6) is -1.19. The molecule has 25 heavy (non-hydrogen) atoms. The molecule has 2 aliphatic rings. The standard InChI is InChI=1S/C17H28O8/c1-8(5-13(19)20)4-11-14(21)16(22)17(23,7-24-11)6-12-15(25-12)9(2)10(3)18/h5,9-12,14-16,18,21-23H,4,6-7H2,1-3H3,(H,19,20)/b8-5+/t9-,10-,11-,12-,14-,15-,16-,17+/m0/s1. The number of carboxylic acids is 1. The second-order valence-electron chi connectivity index (χ2n) is 7.36. The van der Waals surface area contributed by atoms with E-state index < -0.39 is 36.0 Å². The van der Waals surface area contributed by atoms with Crippen molar-refractivity contribution in [1.29, 1.82) is 0 Å². The molecule has 0 spiro atoms. The van der Waals surface area contributed by atoms with Gasteiger partial charge in [-0.05, 0) is 20.3 Å². The molecule has 5 N–H and O–H groups in total. The van der Waals surface area contributed by atoms with Crippen molar-refractivity contribution >= 4 is 5.97 Å². The lowest BCUT2D eigenvalue weighted by Gasteiger charge is -2.43. The van der Waals surface area contributed by atoms with E-state index in [2.05, 4.69) is 0 Å². The predicted molar refractivity (Wildman–Crippen MR) is 86.8 cm³/mol. The highest BCUT2D eigenvalue weighted by Gasteiger charge is 2.54. The maximum atomic E-state index is 10.7. The lowest BCUT2D eigenvalue weighted by Crippen LogP contribution is -2.61. The van der Waals surface area contributed by atoms with Gasteiger partial charge in [-0.15, -0.1) is 0 Å². The Hall–Kier alpha value is -1.03. The first kappa shape index (κ1) is 20.3. The SMILES string of the molecule is C/C(=C\C(=O)O)C[C@@H]1OC[C@](O)(C[C@@H]2O[C@H]2[C@@H](C)[C@H](C)O)[C@@H](O)[C@H]1O. The van der Waals surface area contributed by atoms with Gasteiger partial charge in [-0.2, -0.15) is 0 Å². The summed E-state index contributed by atoms with van der Waals surface area (Å²) in [5.41, 5.74) is -1.16. The second kappa shape index (κ2) is 7.69. The Bertz CT molecular complexity index is 519. The van der Waals surface area contributed by atoms with E-state index >= 15 is 0 Å². The minimum Gasteiger partial charge on any atom is -0.478 e. The maximum absolute atomic E-state index is 10.7. The summed E-state index contributed by atoms with van der Waals surface area (Å²) in [5, 5.41) is 49.6. The van der Waals surface area contributed by atoms with Gasteiger partial charge in [-0.3, -0.25) is 0 Å². The van der Waals surface area contributed by atoms with E-state index in [9.17, 15) is 25.2 Å². The van der Waals surface area contributed by atoms with Crippen molar-refractivity contribution in [2.75, 3.05) is 6.61 Å². The van der Waals surface area contributed by atoms with Crippen LogP contribution < -0.4 is 0 Å². The van der Waals surface area contributed by atoms with Gasteiger partial charge < -0.3 is 35.0 Å². The lowest BCUT2D eigenvalue weighted by molar-refractivity contribution is -0.236. The molecule has 0 saturated carbocycles. The molecule has 0 unspecified atom stereocenters. The molecule has 2 heterocycles. The van der Waals surface area contributed by atoms with Gasteiger partial charge in [0.1, 0.15) is 17.8 Å². The number of aliphatic carboxylic acids is 1. The van der Waals surface area contributed by atoms with E-state index in [0.717, 1.165) is 6.08 Å². The molecular formula is C17H28O8. The van der Waals surface area contributed by atoms with Crippen LogP contribution in [0.3, 0.4) is 0 Å². The highest BCUT2D eigenvalue weighted by molar-refractivity contribution is 5.80. The van der Waals surface area contributed by atoms with Gasteiger partial charge in [0.2, 0.25) is 0 Å². The summed E-state index contributed by atoms with van der Waals surface area (Å²) in [4.78, 5) is 10.7. The first-order valence-corrected chi connectivity index (χ1v) is 8.49. The molecule has 2 fully saturated rings. The van der Waals surface area contributed by atoms with E-state index in [1.807, 2.05) is 6.92 Å². The molecule has 2 rings (SSSR count). The zero-order valence-corrected chi connectivity index (χ0v) is 14.7. The summed E-state index contributed by atoms with van der Waals surface area (Å²) >= 11 is 0. The Morgan fingerprint density at radius 1 is 1.32 bits per heavy atom. The van der Waals surface area contributed by atoms with Crippen molar-refractivity contribution in [2.45, 2.75) is 75.8 Å². The average Bonchev–Trinajstić information content (AvgIpc) is 3.25. The molecule has 8 heteroatoms. The Balaban J connectivity index is 1.94. The molecule has 2 saturated heterocycles. The fourth-order valence-corrected chi connectivity index (χ4v) is 3.31. The van der Waals surface area contributed by atoms with Gasteiger partial charge >= 0.3 is 5.97 Å². The fraction of sp³-hybridized carbons (Fsp3) is 0.824. The fourth-order valence-electron chi connectivity index (χ4n) is 3.31. The number of ether oxygens (including phenoxy) is 2. The first-order chi connectivity index (χ1) is 11.5. The van der Waals surface area contributed by atoms with Crippen LogP contribution in [-0.2, 0) is 14.3 Å². The molecule has 8 atom stereocenters. The summed E-state index contributed by atoms with van der Waals surface area (Å²) in [6, 6.07) is 0. The number of rotatable bonds is 7. The first-order valence-electron chi connectivity index (χ1n) is 8.49. The van der Waals surface area contributed by atoms with Crippen LogP contribution >= 0.6 is 0 Å². The molecule has 0 aliphatic carbocycles. The molecule has 0 radical (unpaired) electrons. The van der Waals surface area contributed by atoms with Gasteiger partial charge in [-0.25, -0.2) is 4.79 Å². The summed E-state index contributed by atoms with van der Waals surface area (Å²) in [6.45, 7) is 4.91. The van der Waals surface area contributed by atoms with Crippen molar-refractivity contribution in [2.24, 2.45) is 5.92 Å². The third-order valence-corrected chi connectivity index (χ3v) is 5.15. The molecule has 2 aliphatic heterocycles. The molecule has 0 amide bonds. The van der Waals surface area contributed by atoms with Crippen molar-refractivity contribution in [1.82, 2.24) is 0 Å². The van der Waals surface area contributed by atoms with Crippen molar-refractivity contribution in [3.63, 3.8) is 0 Å². The van der Waals surface area contributed by atoms with E-state index in [-0.39, 0.29) is 37.6 Å². The monoisotopic (exact) mass is 360 g/mol. The third-order valence-electron chi connectivity index (χ3n) is 5.15. The number of epoxide rings is 1.